The Hall–Kier alpha value is 0.170. The summed E-state index contributed by atoms with van der Waals surface area (Å²) in [7, 11) is -13.9. The lowest BCUT2D eigenvalue weighted by atomic mass is 10.3. The van der Waals surface area contributed by atoms with Crippen molar-refractivity contribution in [2.24, 2.45) is 0 Å². The average molecular weight is 341 g/mol. The molecule has 116 valence electrons. The topological polar surface area (TPSA) is 181 Å². The van der Waals surface area contributed by atoms with Crippen LogP contribution in [0.4, 0.5) is 0 Å². The summed E-state index contributed by atoms with van der Waals surface area (Å²) in [4.78, 5) is 35.2. The molecule has 0 saturated carbocycles. The van der Waals surface area contributed by atoms with E-state index in [9.17, 15) is 17.5 Å². The highest BCUT2D eigenvalue weighted by Crippen LogP contribution is 2.59. The van der Waals surface area contributed by atoms with Crippen molar-refractivity contribution in [2.45, 2.75) is 18.2 Å². The van der Waals surface area contributed by atoms with Gasteiger partial charge in [-0.2, -0.15) is 8.42 Å². The Morgan fingerprint density at radius 3 is 1.84 bits per heavy atom. The van der Waals surface area contributed by atoms with Gasteiger partial charge in [-0.15, -0.1) is 0 Å². The molecule has 13 heteroatoms. The number of hydrogen-bond donors (Lipinski definition) is 6. The third-order valence-electron chi connectivity index (χ3n) is 2.11. The summed E-state index contributed by atoms with van der Waals surface area (Å²) in [5, 5.41) is 0.300. The van der Waals surface area contributed by atoms with Crippen molar-refractivity contribution >= 4 is 25.3 Å². The molecular formula is C6H17NO9P2S. The van der Waals surface area contributed by atoms with Gasteiger partial charge in [0.25, 0.3) is 10.1 Å². The quantitative estimate of drug-likeness (QED) is 0.171. The van der Waals surface area contributed by atoms with Crippen LogP contribution in [0.15, 0.2) is 0 Å². The van der Waals surface area contributed by atoms with Gasteiger partial charge in [0.15, 0.2) is 5.40 Å². The van der Waals surface area contributed by atoms with Crippen molar-refractivity contribution in [1.82, 2.24) is 5.32 Å². The molecule has 0 saturated heterocycles. The first-order chi connectivity index (χ1) is 8.34. The fraction of sp³-hybridized carbons (Fsp3) is 1.00. The molecule has 0 aliphatic carbocycles. The molecule has 0 rings (SSSR count). The highest BCUT2D eigenvalue weighted by molar-refractivity contribution is 7.85. The molecule has 0 aromatic carbocycles. The van der Waals surface area contributed by atoms with Crippen molar-refractivity contribution in [3.8, 4) is 0 Å². The Morgan fingerprint density at radius 2 is 1.47 bits per heavy atom. The van der Waals surface area contributed by atoms with E-state index in [-0.39, 0.29) is 19.4 Å². The van der Waals surface area contributed by atoms with Gasteiger partial charge < -0.3 is 24.9 Å². The Balaban J connectivity index is 4.11. The zero-order valence-corrected chi connectivity index (χ0v) is 12.4. The Kier molecular flexibility index (Phi) is 7.32. The van der Waals surface area contributed by atoms with Gasteiger partial charge in [-0.05, 0) is 19.4 Å². The summed E-state index contributed by atoms with van der Waals surface area (Å²) >= 11 is 0. The summed E-state index contributed by atoms with van der Waals surface area (Å²) in [5.74, 6) is -0.449. The van der Waals surface area contributed by atoms with Gasteiger partial charge in [0.1, 0.15) is 0 Å². The maximum Gasteiger partial charge on any atom is 0.342 e. The fourth-order valence-electron chi connectivity index (χ4n) is 1.20. The van der Waals surface area contributed by atoms with E-state index in [1.807, 2.05) is 0 Å². The van der Waals surface area contributed by atoms with E-state index >= 15 is 0 Å². The van der Waals surface area contributed by atoms with Crippen molar-refractivity contribution in [1.29, 1.82) is 0 Å². The lowest BCUT2D eigenvalue weighted by Gasteiger charge is -2.19. The standard InChI is InChI=1S/C6H17NO9P2S/c8-17(9,10)6(18(11,12)13)5-7-3-1-2-4-19(14,15)16/h6-7H,1-5H2,(H2,8,9,10)(H2,11,12,13)(H,14,15,16). The molecule has 10 nitrogen and oxygen atoms in total. The number of nitrogens with one attached hydrogen (secondary N) is 1. The van der Waals surface area contributed by atoms with Crippen LogP contribution in [0.2, 0.25) is 0 Å². The van der Waals surface area contributed by atoms with Crippen LogP contribution in [-0.4, -0.2) is 56.8 Å². The molecule has 0 aliphatic heterocycles. The van der Waals surface area contributed by atoms with Gasteiger partial charge in [0.2, 0.25) is 0 Å². The van der Waals surface area contributed by atoms with E-state index in [1.165, 1.54) is 0 Å². The first kappa shape index (κ1) is 19.2. The predicted molar refractivity (Wildman–Crippen MR) is 66.4 cm³/mol. The number of rotatable bonds is 9. The smallest absolute Gasteiger partial charge is 0.324 e. The van der Waals surface area contributed by atoms with Crippen molar-refractivity contribution < 1.29 is 41.7 Å². The van der Waals surface area contributed by atoms with Crippen LogP contribution in [0.3, 0.4) is 0 Å². The first-order valence-electron chi connectivity index (χ1n) is 5.10. The summed E-state index contributed by atoms with van der Waals surface area (Å²) in [6.45, 7) is -0.494. The molecule has 0 spiro atoms. The second-order valence-corrected chi connectivity index (χ2v) is 9.44. The monoisotopic (exact) mass is 341 g/mol. The van der Waals surface area contributed by atoms with Gasteiger partial charge in [-0.25, -0.2) is 0 Å². The maximum atomic E-state index is 10.9. The van der Waals surface area contributed by atoms with E-state index in [2.05, 4.69) is 5.32 Å². The molecule has 0 aromatic rings. The normalized spacial score (nSPS) is 14.0. The molecule has 0 unspecified atom stereocenters. The summed E-state index contributed by atoms with van der Waals surface area (Å²) in [6.07, 6.45) is 0.372. The zero-order chi connectivity index (χ0) is 15.3. The molecule has 0 aromatic heterocycles. The number of unbranched alkanes of at least 4 members (excludes halogenated alkanes) is 1. The van der Waals surface area contributed by atoms with E-state index in [0.29, 0.717) is 0 Å². The molecule has 6 N–H and O–H groups in total. The van der Waals surface area contributed by atoms with Crippen molar-refractivity contribution in [3.63, 3.8) is 0 Å². The third kappa shape index (κ3) is 9.67. The summed E-state index contributed by atoms with van der Waals surface area (Å²) < 4.78 is 50.9. The molecule has 0 aliphatic rings. The minimum atomic E-state index is -4.94. The highest BCUT2D eigenvalue weighted by Gasteiger charge is 2.42. The lowest BCUT2D eigenvalue weighted by molar-refractivity contribution is 0.336. The van der Waals surface area contributed by atoms with Gasteiger partial charge in [-0.1, -0.05) is 0 Å². The fourth-order valence-corrected chi connectivity index (χ4v) is 4.07. The van der Waals surface area contributed by atoms with Crippen LogP contribution in [0, 0.1) is 0 Å². The van der Waals surface area contributed by atoms with E-state index < -0.39 is 43.0 Å². The van der Waals surface area contributed by atoms with Crippen LogP contribution in [0.1, 0.15) is 12.8 Å². The molecular weight excluding hydrogens is 324 g/mol. The molecule has 0 radical (unpaired) electrons. The largest absolute Gasteiger partial charge is 0.342 e. The van der Waals surface area contributed by atoms with Crippen LogP contribution in [-0.2, 0) is 19.2 Å². The maximum absolute atomic E-state index is 10.9. The minimum absolute atomic E-state index is 0.103. The van der Waals surface area contributed by atoms with Crippen molar-refractivity contribution in [2.75, 3.05) is 18.8 Å². The van der Waals surface area contributed by atoms with E-state index in [4.69, 9.17) is 24.1 Å². The van der Waals surface area contributed by atoms with Crippen LogP contribution in [0.5, 0.6) is 0 Å². The molecule has 0 bridgehead atoms. The predicted octanol–water partition coefficient (Wildman–Crippen LogP) is -1.07. The molecule has 0 fully saturated rings. The molecule has 0 atom stereocenters. The van der Waals surface area contributed by atoms with Crippen LogP contribution >= 0.6 is 15.2 Å². The first-order valence-corrected chi connectivity index (χ1v) is 10.1. The van der Waals surface area contributed by atoms with Gasteiger partial charge in [0, 0.05) is 6.54 Å². The van der Waals surface area contributed by atoms with E-state index in [0.717, 1.165) is 0 Å². The number of hydrogen-bond acceptors (Lipinski definition) is 5. The van der Waals surface area contributed by atoms with Gasteiger partial charge in [0.05, 0.1) is 5.75 Å². The summed E-state index contributed by atoms with van der Waals surface area (Å²) in [5.41, 5.74) is 0. The van der Waals surface area contributed by atoms with Gasteiger partial charge in [-0.3, -0.25) is 13.7 Å². The Morgan fingerprint density at radius 1 is 1.00 bits per heavy atom. The zero-order valence-electron chi connectivity index (χ0n) is 9.78. The van der Waals surface area contributed by atoms with Crippen LogP contribution < -0.4 is 5.32 Å². The average Bonchev–Trinajstić information content (AvgIpc) is 2.10. The highest BCUT2D eigenvalue weighted by atomic mass is 32.2. The lowest BCUT2D eigenvalue weighted by Crippen LogP contribution is -2.28. The molecule has 0 heterocycles. The van der Waals surface area contributed by atoms with Crippen LogP contribution in [0.25, 0.3) is 0 Å². The Labute approximate surface area is 110 Å². The third-order valence-corrected chi connectivity index (χ3v) is 6.64. The second-order valence-electron chi connectivity index (χ2n) is 3.86. The molecule has 19 heavy (non-hydrogen) atoms. The second kappa shape index (κ2) is 7.26. The minimum Gasteiger partial charge on any atom is -0.324 e. The Bertz CT molecular complexity index is 443. The molecule has 0 amide bonds. The van der Waals surface area contributed by atoms with Gasteiger partial charge >= 0.3 is 15.2 Å². The van der Waals surface area contributed by atoms with E-state index in [1.54, 1.807) is 0 Å². The summed E-state index contributed by atoms with van der Waals surface area (Å²) in [6, 6.07) is 0. The van der Waals surface area contributed by atoms with Crippen molar-refractivity contribution in [3.05, 3.63) is 0 Å². The SMILES string of the molecule is O=P(O)(O)C(CNCCCCS(=O)(=O)O)P(=O)(O)O.